The number of amidine groups is 1. The van der Waals surface area contributed by atoms with Gasteiger partial charge in [-0.1, -0.05) is 24.2 Å². The highest BCUT2D eigenvalue weighted by molar-refractivity contribution is 5.97. The number of aryl methyl sites for hydroxylation is 1. The molecular formula is C12H19N3O. The third-order valence-electron chi connectivity index (χ3n) is 2.73. The maximum Gasteiger partial charge on any atom is 0.170 e. The number of benzene rings is 1. The van der Waals surface area contributed by atoms with Crippen molar-refractivity contribution < 1.29 is 5.21 Å². The first-order valence-corrected chi connectivity index (χ1v) is 5.34. The Hall–Kier alpha value is -1.55. The Morgan fingerprint density at radius 3 is 2.69 bits per heavy atom. The predicted octanol–water partition coefficient (Wildman–Crippen LogP) is 1.54. The summed E-state index contributed by atoms with van der Waals surface area (Å²) in [5.74, 6) is 0.151. The van der Waals surface area contributed by atoms with Crippen molar-refractivity contribution in [2.24, 2.45) is 10.9 Å². The van der Waals surface area contributed by atoms with E-state index in [-0.39, 0.29) is 5.84 Å². The maximum absolute atomic E-state index is 8.59. The van der Waals surface area contributed by atoms with Crippen molar-refractivity contribution >= 4 is 5.84 Å². The second-order valence-corrected chi connectivity index (χ2v) is 3.96. The van der Waals surface area contributed by atoms with Crippen molar-refractivity contribution in [1.29, 1.82) is 0 Å². The number of oxime groups is 1. The van der Waals surface area contributed by atoms with Gasteiger partial charge in [0, 0.05) is 12.1 Å². The van der Waals surface area contributed by atoms with Gasteiger partial charge < -0.3 is 15.8 Å². The van der Waals surface area contributed by atoms with Crippen LogP contribution in [0, 0.1) is 6.92 Å². The zero-order chi connectivity index (χ0) is 12.1. The van der Waals surface area contributed by atoms with Gasteiger partial charge in [-0.25, -0.2) is 0 Å². The molecule has 1 rings (SSSR count). The van der Waals surface area contributed by atoms with E-state index < -0.39 is 0 Å². The van der Waals surface area contributed by atoms with E-state index in [1.807, 2.05) is 25.1 Å². The van der Waals surface area contributed by atoms with Crippen LogP contribution in [0.25, 0.3) is 0 Å². The molecule has 0 amide bonds. The summed E-state index contributed by atoms with van der Waals surface area (Å²) in [6.45, 7) is 6.09. The van der Waals surface area contributed by atoms with Crippen LogP contribution in [-0.4, -0.2) is 29.5 Å². The minimum atomic E-state index is 0.151. The van der Waals surface area contributed by atoms with Crippen molar-refractivity contribution in [3.8, 4) is 0 Å². The molecule has 3 N–H and O–H groups in total. The fraction of sp³-hybridized carbons (Fsp3) is 0.417. The first kappa shape index (κ1) is 12.5. The van der Waals surface area contributed by atoms with Gasteiger partial charge in [-0.15, -0.1) is 0 Å². The minimum Gasteiger partial charge on any atom is -0.409 e. The molecule has 0 saturated carbocycles. The Morgan fingerprint density at radius 1 is 1.50 bits per heavy atom. The molecule has 16 heavy (non-hydrogen) atoms. The number of rotatable bonds is 4. The molecule has 0 aliphatic heterocycles. The second kappa shape index (κ2) is 5.51. The summed E-state index contributed by atoms with van der Waals surface area (Å²) >= 11 is 0. The van der Waals surface area contributed by atoms with Crippen molar-refractivity contribution in [2.45, 2.75) is 20.4 Å². The molecule has 0 saturated heterocycles. The fourth-order valence-corrected chi connectivity index (χ4v) is 1.49. The Kier molecular flexibility index (Phi) is 4.31. The van der Waals surface area contributed by atoms with Gasteiger partial charge in [0.1, 0.15) is 0 Å². The molecule has 0 bridgehead atoms. The average molecular weight is 221 g/mol. The SMILES string of the molecule is CCN(C)Cc1ccc(/C(N)=N/O)cc1C. The van der Waals surface area contributed by atoms with E-state index in [1.54, 1.807) is 0 Å². The molecule has 0 aliphatic carbocycles. The Morgan fingerprint density at radius 2 is 2.19 bits per heavy atom. The van der Waals surface area contributed by atoms with E-state index >= 15 is 0 Å². The zero-order valence-corrected chi connectivity index (χ0v) is 10.1. The van der Waals surface area contributed by atoms with E-state index in [2.05, 4.69) is 24.0 Å². The Bertz CT molecular complexity index is 388. The van der Waals surface area contributed by atoms with Gasteiger partial charge in [0.15, 0.2) is 5.84 Å². The van der Waals surface area contributed by atoms with Crippen molar-refractivity contribution in [3.05, 3.63) is 34.9 Å². The van der Waals surface area contributed by atoms with Crippen molar-refractivity contribution in [3.63, 3.8) is 0 Å². The molecule has 0 radical (unpaired) electrons. The Balaban J connectivity index is 2.92. The summed E-state index contributed by atoms with van der Waals surface area (Å²) < 4.78 is 0. The molecule has 0 unspecified atom stereocenters. The normalized spacial score (nSPS) is 12.1. The monoisotopic (exact) mass is 221 g/mol. The number of nitrogens with zero attached hydrogens (tertiary/aromatic N) is 2. The van der Waals surface area contributed by atoms with Crippen LogP contribution in [0.1, 0.15) is 23.6 Å². The molecular weight excluding hydrogens is 202 g/mol. The van der Waals surface area contributed by atoms with E-state index in [1.165, 1.54) is 5.56 Å². The van der Waals surface area contributed by atoms with Gasteiger partial charge in [-0.2, -0.15) is 0 Å². The summed E-state index contributed by atoms with van der Waals surface area (Å²) in [6, 6.07) is 5.84. The van der Waals surface area contributed by atoms with Crippen LogP contribution < -0.4 is 5.73 Å². The standard InChI is InChI=1S/C12H19N3O/c1-4-15(3)8-11-6-5-10(7-9(11)2)12(13)14-16/h5-7,16H,4,8H2,1-3H3,(H2,13,14). The highest BCUT2D eigenvalue weighted by atomic mass is 16.4. The van der Waals surface area contributed by atoms with Gasteiger partial charge in [0.2, 0.25) is 0 Å². The van der Waals surface area contributed by atoms with E-state index in [4.69, 9.17) is 10.9 Å². The molecule has 0 atom stereocenters. The number of nitrogens with two attached hydrogens (primary N) is 1. The van der Waals surface area contributed by atoms with Crippen LogP contribution in [0.4, 0.5) is 0 Å². The first-order chi connectivity index (χ1) is 7.58. The smallest absolute Gasteiger partial charge is 0.170 e. The van der Waals surface area contributed by atoms with Gasteiger partial charge in [0.25, 0.3) is 0 Å². The summed E-state index contributed by atoms with van der Waals surface area (Å²) in [6.07, 6.45) is 0. The molecule has 0 fully saturated rings. The molecule has 0 spiro atoms. The number of hydrogen-bond donors (Lipinski definition) is 2. The lowest BCUT2D eigenvalue weighted by Gasteiger charge is -2.16. The van der Waals surface area contributed by atoms with Crippen LogP contribution in [0.3, 0.4) is 0 Å². The van der Waals surface area contributed by atoms with Crippen LogP contribution in [0.15, 0.2) is 23.4 Å². The molecule has 4 nitrogen and oxygen atoms in total. The quantitative estimate of drug-likeness (QED) is 0.351. The topological polar surface area (TPSA) is 61.8 Å². The lowest BCUT2D eigenvalue weighted by atomic mass is 10.0. The molecule has 88 valence electrons. The first-order valence-electron chi connectivity index (χ1n) is 5.34. The molecule has 1 aromatic rings. The second-order valence-electron chi connectivity index (χ2n) is 3.96. The lowest BCUT2D eigenvalue weighted by molar-refractivity contribution is 0.318. The Labute approximate surface area is 96.4 Å². The molecule has 0 aliphatic rings. The highest BCUT2D eigenvalue weighted by Crippen LogP contribution is 2.12. The summed E-state index contributed by atoms with van der Waals surface area (Å²) in [7, 11) is 2.08. The third kappa shape index (κ3) is 2.97. The van der Waals surface area contributed by atoms with Gasteiger partial charge >= 0.3 is 0 Å². The van der Waals surface area contributed by atoms with Gasteiger partial charge in [-0.05, 0) is 37.7 Å². The summed E-state index contributed by atoms with van der Waals surface area (Å²) in [5.41, 5.74) is 8.70. The number of hydrogen-bond acceptors (Lipinski definition) is 3. The fourth-order valence-electron chi connectivity index (χ4n) is 1.49. The lowest BCUT2D eigenvalue weighted by Crippen LogP contribution is -2.18. The largest absolute Gasteiger partial charge is 0.409 e. The highest BCUT2D eigenvalue weighted by Gasteiger charge is 2.05. The van der Waals surface area contributed by atoms with Crippen LogP contribution in [0.5, 0.6) is 0 Å². The molecule has 0 aromatic heterocycles. The van der Waals surface area contributed by atoms with E-state index in [9.17, 15) is 0 Å². The molecule has 1 aromatic carbocycles. The van der Waals surface area contributed by atoms with Crippen molar-refractivity contribution in [2.75, 3.05) is 13.6 Å². The van der Waals surface area contributed by atoms with Crippen LogP contribution >= 0.6 is 0 Å². The maximum atomic E-state index is 8.59. The molecule has 0 heterocycles. The summed E-state index contributed by atoms with van der Waals surface area (Å²) in [5, 5.41) is 11.6. The minimum absolute atomic E-state index is 0.151. The van der Waals surface area contributed by atoms with Crippen molar-refractivity contribution in [1.82, 2.24) is 4.90 Å². The average Bonchev–Trinajstić information content (AvgIpc) is 2.30. The van der Waals surface area contributed by atoms with E-state index in [0.717, 1.165) is 24.2 Å². The summed E-state index contributed by atoms with van der Waals surface area (Å²) in [4.78, 5) is 2.23. The zero-order valence-electron chi connectivity index (χ0n) is 10.1. The van der Waals surface area contributed by atoms with Crippen LogP contribution in [-0.2, 0) is 6.54 Å². The molecule has 4 heteroatoms. The predicted molar refractivity (Wildman–Crippen MR) is 65.7 cm³/mol. The van der Waals surface area contributed by atoms with Gasteiger partial charge in [0.05, 0.1) is 0 Å². The van der Waals surface area contributed by atoms with Gasteiger partial charge in [-0.3, -0.25) is 0 Å². The third-order valence-corrected chi connectivity index (χ3v) is 2.73. The van der Waals surface area contributed by atoms with Crippen LogP contribution in [0.2, 0.25) is 0 Å². The van der Waals surface area contributed by atoms with E-state index in [0.29, 0.717) is 0 Å².